The van der Waals surface area contributed by atoms with Gasteiger partial charge in [0.1, 0.15) is 5.75 Å². The molecule has 0 aliphatic heterocycles. The minimum atomic E-state index is -0.573. The average molecular weight is 318 g/mol. The van der Waals surface area contributed by atoms with Crippen LogP contribution in [0.25, 0.3) is 0 Å². The maximum absolute atomic E-state index is 11.8. The second kappa shape index (κ2) is 11.5. The quantitative estimate of drug-likeness (QED) is 0.280. The summed E-state index contributed by atoms with van der Waals surface area (Å²) in [6.45, 7) is 4.57. The van der Waals surface area contributed by atoms with Crippen molar-refractivity contribution < 1.29 is 19.1 Å². The molecule has 1 aromatic rings. The predicted molar refractivity (Wildman–Crippen MR) is 90.3 cm³/mol. The molecule has 0 unspecified atom stereocenters. The summed E-state index contributed by atoms with van der Waals surface area (Å²) in [7, 11) is 0. The van der Waals surface area contributed by atoms with Gasteiger partial charge in [0.15, 0.2) is 0 Å². The molecule has 0 bridgehead atoms. The van der Waals surface area contributed by atoms with E-state index in [1.54, 1.807) is 6.07 Å². The van der Waals surface area contributed by atoms with Crippen LogP contribution >= 0.6 is 0 Å². The molecule has 0 aliphatic carbocycles. The van der Waals surface area contributed by atoms with Crippen molar-refractivity contribution in [2.75, 3.05) is 6.61 Å². The molecule has 126 valence electrons. The summed E-state index contributed by atoms with van der Waals surface area (Å²) < 4.78 is 10.3. The Balaban J connectivity index is 2.39. The van der Waals surface area contributed by atoms with Gasteiger partial charge in [0, 0.05) is 12.2 Å². The molecule has 0 fully saturated rings. The Morgan fingerprint density at radius 1 is 0.957 bits per heavy atom. The number of ether oxygens (including phenoxy) is 2. The maximum Gasteiger partial charge on any atom is 0.336 e. The summed E-state index contributed by atoms with van der Waals surface area (Å²) >= 11 is 0. The van der Waals surface area contributed by atoms with Crippen molar-refractivity contribution >= 4 is 11.9 Å². The van der Waals surface area contributed by atoms with Crippen LogP contribution in [0.3, 0.4) is 0 Å². The first kappa shape index (κ1) is 18.9. The van der Waals surface area contributed by atoms with E-state index < -0.39 is 11.9 Å². The van der Waals surface area contributed by atoms with E-state index in [2.05, 4.69) is 13.8 Å². The van der Waals surface area contributed by atoms with E-state index in [-0.39, 0.29) is 0 Å². The lowest BCUT2D eigenvalue weighted by Crippen LogP contribution is -2.08. The predicted octanol–water partition coefficient (Wildman–Crippen LogP) is 4.22. The summed E-state index contributed by atoms with van der Waals surface area (Å²) in [5.74, 6) is -0.547. The van der Waals surface area contributed by atoms with Gasteiger partial charge < -0.3 is 9.47 Å². The van der Waals surface area contributed by atoms with Gasteiger partial charge in [-0.2, -0.15) is 0 Å². The first-order valence-electron chi connectivity index (χ1n) is 8.32. The number of carbonyl (C=O) groups excluding carboxylic acids is 2. The number of aryl methyl sites for hydroxylation is 1. The zero-order chi connectivity index (χ0) is 16.9. The van der Waals surface area contributed by atoms with Crippen LogP contribution in [0.2, 0.25) is 0 Å². The Hall–Kier alpha value is -2.10. The molecule has 1 aromatic carbocycles. The van der Waals surface area contributed by atoms with Gasteiger partial charge in [-0.25, -0.2) is 9.59 Å². The van der Waals surface area contributed by atoms with Gasteiger partial charge >= 0.3 is 11.9 Å². The van der Waals surface area contributed by atoms with Crippen molar-refractivity contribution in [1.29, 1.82) is 0 Å². The number of hydrogen-bond acceptors (Lipinski definition) is 4. The minimum Gasteiger partial charge on any atom is -0.463 e. The van der Waals surface area contributed by atoms with E-state index in [0.29, 0.717) is 12.4 Å². The summed E-state index contributed by atoms with van der Waals surface area (Å²) in [5.41, 5.74) is 0.982. The molecule has 0 radical (unpaired) electrons. The van der Waals surface area contributed by atoms with Crippen LogP contribution in [-0.2, 0) is 20.7 Å². The summed E-state index contributed by atoms with van der Waals surface area (Å²) in [4.78, 5) is 23.3. The van der Waals surface area contributed by atoms with Crippen LogP contribution in [0.5, 0.6) is 5.75 Å². The first-order chi connectivity index (χ1) is 11.2. The van der Waals surface area contributed by atoms with E-state index in [9.17, 15) is 9.59 Å². The van der Waals surface area contributed by atoms with E-state index in [1.807, 2.05) is 18.2 Å². The Morgan fingerprint density at radius 3 is 2.43 bits per heavy atom. The summed E-state index contributed by atoms with van der Waals surface area (Å²) in [6, 6.07) is 7.41. The van der Waals surface area contributed by atoms with Crippen LogP contribution in [-0.4, -0.2) is 18.5 Å². The van der Waals surface area contributed by atoms with Gasteiger partial charge in [0.2, 0.25) is 0 Å². The highest BCUT2D eigenvalue weighted by Gasteiger charge is 2.06. The fourth-order valence-electron chi connectivity index (χ4n) is 2.11. The Bertz CT molecular complexity index is 520. The van der Waals surface area contributed by atoms with Gasteiger partial charge in [0.25, 0.3) is 0 Å². The molecule has 0 saturated carbocycles. The minimum absolute atomic E-state index is 0.386. The highest BCUT2D eigenvalue weighted by Crippen LogP contribution is 2.19. The molecule has 4 nitrogen and oxygen atoms in total. The van der Waals surface area contributed by atoms with Gasteiger partial charge in [-0.15, -0.1) is 0 Å². The molecule has 0 spiro atoms. The lowest BCUT2D eigenvalue weighted by molar-refractivity contribution is -0.138. The number of hydrogen-bond donors (Lipinski definition) is 0. The molecule has 0 N–H and O–H groups in total. The van der Waals surface area contributed by atoms with Crippen LogP contribution in [0.1, 0.15) is 51.5 Å². The highest BCUT2D eigenvalue weighted by molar-refractivity contribution is 5.92. The van der Waals surface area contributed by atoms with E-state index in [4.69, 9.17) is 9.47 Å². The molecular weight excluding hydrogens is 292 g/mol. The Labute approximate surface area is 138 Å². The van der Waals surface area contributed by atoms with Crippen molar-refractivity contribution in [2.24, 2.45) is 0 Å². The molecular formula is C19H26O4. The van der Waals surface area contributed by atoms with Crippen molar-refractivity contribution in [3.63, 3.8) is 0 Å². The molecule has 4 heteroatoms. The molecule has 0 heterocycles. The van der Waals surface area contributed by atoms with Crippen LogP contribution in [0.15, 0.2) is 36.4 Å². The van der Waals surface area contributed by atoms with E-state index >= 15 is 0 Å². The van der Waals surface area contributed by atoms with E-state index in [1.165, 1.54) is 0 Å². The molecule has 23 heavy (non-hydrogen) atoms. The summed E-state index contributed by atoms with van der Waals surface area (Å²) in [5, 5.41) is 0. The van der Waals surface area contributed by atoms with Crippen molar-refractivity contribution in [2.45, 2.75) is 52.4 Å². The zero-order valence-electron chi connectivity index (χ0n) is 14.0. The zero-order valence-corrected chi connectivity index (χ0v) is 14.0. The number of esters is 2. The lowest BCUT2D eigenvalue weighted by atomic mass is 10.1. The standard InChI is InChI=1S/C19H26O4/c1-3-5-6-9-15-22-18(20)13-14-19(21)23-17-12-8-7-11-16(17)10-4-2/h7-8,11-14H,3-6,9-10,15H2,1-2H3/b14-13+. The number of carbonyl (C=O) groups is 2. The fourth-order valence-corrected chi connectivity index (χ4v) is 2.11. The van der Waals surface area contributed by atoms with Crippen LogP contribution in [0.4, 0.5) is 0 Å². The molecule has 1 rings (SSSR count). The monoisotopic (exact) mass is 318 g/mol. The van der Waals surface area contributed by atoms with Crippen molar-refractivity contribution in [3.8, 4) is 5.75 Å². The van der Waals surface area contributed by atoms with Gasteiger partial charge in [-0.3, -0.25) is 0 Å². The van der Waals surface area contributed by atoms with Gasteiger partial charge in [-0.05, 0) is 24.5 Å². The highest BCUT2D eigenvalue weighted by atomic mass is 16.5. The topological polar surface area (TPSA) is 52.6 Å². The normalized spacial score (nSPS) is 10.7. The van der Waals surface area contributed by atoms with Crippen LogP contribution in [0, 0.1) is 0 Å². The maximum atomic E-state index is 11.8. The fraction of sp³-hybridized carbons (Fsp3) is 0.474. The number of para-hydroxylation sites is 1. The Morgan fingerprint density at radius 2 is 1.70 bits per heavy atom. The summed E-state index contributed by atoms with van der Waals surface area (Å²) in [6.07, 6.45) is 8.20. The number of benzene rings is 1. The second-order valence-electron chi connectivity index (χ2n) is 5.34. The third-order valence-electron chi connectivity index (χ3n) is 3.30. The largest absolute Gasteiger partial charge is 0.463 e. The number of rotatable bonds is 10. The van der Waals surface area contributed by atoms with Crippen molar-refractivity contribution in [3.05, 3.63) is 42.0 Å². The van der Waals surface area contributed by atoms with Gasteiger partial charge in [-0.1, -0.05) is 57.7 Å². The third-order valence-corrected chi connectivity index (χ3v) is 3.30. The third kappa shape index (κ3) is 8.19. The molecule has 0 aliphatic rings. The van der Waals surface area contributed by atoms with E-state index in [0.717, 1.165) is 56.2 Å². The molecule has 0 saturated heterocycles. The average Bonchev–Trinajstić information content (AvgIpc) is 2.55. The number of unbranched alkanes of at least 4 members (excludes halogenated alkanes) is 3. The lowest BCUT2D eigenvalue weighted by Gasteiger charge is -2.07. The first-order valence-corrected chi connectivity index (χ1v) is 8.32. The molecule has 0 atom stereocenters. The Kier molecular flexibility index (Phi) is 9.45. The van der Waals surface area contributed by atoms with Gasteiger partial charge in [0.05, 0.1) is 6.61 Å². The molecule has 0 aromatic heterocycles. The second-order valence-corrected chi connectivity index (χ2v) is 5.34. The SMILES string of the molecule is CCCCCCOC(=O)/C=C/C(=O)Oc1ccccc1CCC. The van der Waals surface area contributed by atoms with Crippen molar-refractivity contribution in [1.82, 2.24) is 0 Å². The smallest absolute Gasteiger partial charge is 0.336 e. The van der Waals surface area contributed by atoms with Crippen LogP contribution < -0.4 is 4.74 Å². The molecule has 0 amide bonds.